The van der Waals surface area contributed by atoms with Crippen molar-refractivity contribution < 1.29 is 30.8 Å². The molecule has 0 spiro atoms. The predicted molar refractivity (Wildman–Crippen MR) is 152 cm³/mol. The number of rotatable bonds is 7. The number of piperidine rings is 1. The Hall–Kier alpha value is -3.65. The highest BCUT2D eigenvalue weighted by Gasteiger charge is 2.55. The van der Waals surface area contributed by atoms with Crippen LogP contribution in [0.5, 0.6) is 0 Å². The molecule has 2 aliphatic carbocycles. The highest BCUT2D eigenvalue weighted by atomic mass is 32.2. The first-order valence-electron chi connectivity index (χ1n) is 14.5. The molecule has 0 N–H and O–H groups in total. The van der Waals surface area contributed by atoms with Crippen LogP contribution in [0.25, 0.3) is 5.70 Å². The van der Waals surface area contributed by atoms with Gasteiger partial charge in [0, 0.05) is 43.6 Å². The number of alkyl halides is 4. The van der Waals surface area contributed by atoms with Crippen molar-refractivity contribution in [2.24, 2.45) is 17.3 Å². The largest absolute Gasteiger partial charge is 0.416 e. The normalized spacial score (nSPS) is 25.8. The third-order valence-corrected chi connectivity index (χ3v) is 10.8. The van der Waals surface area contributed by atoms with Gasteiger partial charge >= 0.3 is 6.18 Å². The standard InChI is InChI=1S/C30H32F4N6O3S/c1-3-9-38-17-24(16-36-38)44(42,43)39-10-7-21-13-27-20(15-37-40(27)23-4-5-25(31)19(2)11-23)14-29(21,18-39)28(41)26-12-22(6-8-35-26)30(32,33)34/h4-6,8,11-12,15-17,19,21,25H,3,7,9-10,13-14,18H2,1-2H3/t19?,21-,25?,29-/m0/s1. The second kappa shape index (κ2) is 11.1. The Morgan fingerprint density at radius 1 is 1.20 bits per heavy atom. The smallest absolute Gasteiger partial charge is 0.292 e. The molecular weight excluding hydrogens is 600 g/mol. The van der Waals surface area contributed by atoms with Gasteiger partial charge in [0.05, 0.1) is 29.1 Å². The first-order valence-corrected chi connectivity index (χ1v) is 16.0. The summed E-state index contributed by atoms with van der Waals surface area (Å²) in [5.74, 6) is -1.41. The predicted octanol–water partition coefficient (Wildman–Crippen LogP) is 4.97. The molecule has 44 heavy (non-hydrogen) atoms. The number of ketones is 1. The minimum Gasteiger partial charge on any atom is -0.292 e. The van der Waals surface area contributed by atoms with Crippen molar-refractivity contribution in [2.45, 2.75) is 63.3 Å². The quantitative estimate of drug-likeness (QED) is 0.269. The van der Waals surface area contributed by atoms with Gasteiger partial charge < -0.3 is 0 Å². The van der Waals surface area contributed by atoms with E-state index >= 15 is 0 Å². The summed E-state index contributed by atoms with van der Waals surface area (Å²) in [4.78, 5) is 18.4. The monoisotopic (exact) mass is 632 g/mol. The molecule has 2 unspecified atom stereocenters. The summed E-state index contributed by atoms with van der Waals surface area (Å²) in [5, 5.41) is 8.69. The van der Waals surface area contributed by atoms with E-state index in [9.17, 15) is 30.8 Å². The number of aromatic nitrogens is 5. The number of carbonyl (C=O) groups excluding carboxylic acids is 1. The number of Topliss-reactive ketones (excluding diaryl/α,β-unsaturated/α-hetero) is 1. The first-order chi connectivity index (χ1) is 20.8. The van der Waals surface area contributed by atoms with Crippen molar-refractivity contribution in [2.75, 3.05) is 13.1 Å². The fourth-order valence-electron chi connectivity index (χ4n) is 6.60. The van der Waals surface area contributed by atoms with Gasteiger partial charge in [0.2, 0.25) is 10.0 Å². The molecule has 3 aliphatic rings. The van der Waals surface area contributed by atoms with Crippen molar-refractivity contribution in [3.8, 4) is 0 Å². The Kier molecular flexibility index (Phi) is 7.63. The molecule has 3 aromatic heterocycles. The molecule has 0 amide bonds. The van der Waals surface area contributed by atoms with Crippen molar-refractivity contribution in [3.05, 3.63) is 77.7 Å². The summed E-state index contributed by atoms with van der Waals surface area (Å²) in [5.41, 5.74) is -0.579. The van der Waals surface area contributed by atoms with Crippen LogP contribution >= 0.6 is 0 Å². The van der Waals surface area contributed by atoms with Crippen LogP contribution in [0.1, 0.15) is 54.0 Å². The second-order valence-corrected chi connectivity index (χ2v) is 13.8. The van der Waals surface area contributed by atoms with E-state index in [1.54, 1.807) is 30.0 Å². The number of halogens is 4. The summed E-state index contributed by atoms with van der Waals surface area (Å²) < 4.78 is 87.1. The summed E-state index contributed by atoms with van der Waals surface area (Å²) in [7, 11) is -4.07. The van der Waals surface area contributed by atoms with Crippen LogP contribution in [0.15, 0.2) is 60.0 Å². The van der Waals surface area contributed by atoms with Gasteiger partial charge in [0.25, 0.3) is 0 Å². The van der Waals surface area contributed by atoms with E-state index in [0.29, 0.717) is 24.2 Å². The Bertz CT molecular complexity index is 1760. The first kappa shape index (κ1) is 30.4. The molecule has 9 nitrogen and oxygen atoms in total. The molecule has 1 aliphatic heterocycles. The van der Waals surface area contributed by atoms with Crippen molar-refractivity contribution >= 4 is 21.5 Å². The van der Waals surface area contributed by atoms with Crippen molar-refractivity contribution in [3.63, 3.8) is 0 Å². The number of hydrogen-bond acceptors (Lipinski definition) is 6. The zero-order valence-corrected chi connectivity index (χ0v) is 25.0. The Morgan fingerprint density at radius 2 is 2.00 bits per heavy atom. The summed E-state index contributed by atoms with van der Waals surface area (Å²) in [6.07, 6.45) is 5.82. The number of fused-ring (bicyclic) bond motifs is 2. The Labute approximate surface area is 252 Å². The number of pyridine rings is 1. The average molecular weight is 633 g/mol. The zero-order valence-electron chi connectivity index (χ0n) is 24.2. The van der Waals surface area contributed by atoms with Gasteiger partial charge in [-0.1, -0.05) is 19.9 Å². The van der Waals surface area contributed by atoms with E-state index in [4.69, 9.17) is 0 Å². The van der Waals surface area contributed by atoms with Gasteiger partial charge in [-0.2, -0.15) is 27.7 Å². The number of hydrogen-bond donors (Lipinski definition) is 0. The van der Waals surface area contributed by atoms with Crippen molar-refractivity contribution in [1.82, 2.24) is 28.9 Å². The third kappa shape index (κ3) is 5.21. The second-order valence-electron chi connectivity index (χ2n) is 11.8. The zero-order chi connectivity index (χ0) is 31.4. The molecule has 14 heteroatoms. The highest BCUT2D eigenvalue weighted by molar-refractivity contribution is 7.89. The number of nitrogens with zero attached hydrogens (tertiary/aromatic N) is 6. The summed E-state index contributed by atoms with van der Waals surface area (Å²) in [6.45, 7) is 4.12. The molecule has 3 aromatic rings. The van der Waals surface area contributed by atoms with E-state index in [0.717, 1.165) is 30.4 Å². The van der Waals surface area contributed by atoms with Crippen LogP contribution in [-0.4, -0.2) is 62.3 Å². The fourth-order valence-corrected chi connectivity index (χ4v) is 8.08. The van der Waals surface area contributed by atoms with E-state index in [2.05, 4.69) is 15.2 Å². The molecule has 6 rings (SSSR count). The lowest BCUT2D eigenvalue weighted by Crippen LogP contribution is -2.57. The molecule has 0 radical (unpaired) electrons. The van der Waals surface area contributed by atoms with Gasteiger partial charge in [0.15, 0.2) is 5.78 Å². The molecule has 0 aromatic carbocycles. The maximum Gasteiger partial charge on any atom is 0.416 e. The number of allylic oxidation sites excluding steroid dienone is 4. The lowest BCUT2D eigenvalue weighted by Gasteiger charge is -2.49. The summed E-state index contributed by atoms with van der Waals surface area (Å²) in [6, 6.07) is 1.54. The maximum atomic E-state index is 14.4. The lowest BCUT2D eigenvalue weighted by molar-refractivity contribution is -0.137. The Morgan fingerprint density at radius 3 is 2.73 bits per heavy atom. The van der Waals surface area contributed by atoms with Gasteiger partial charge in [0.1, 0.15) is 16.8 Å². The lowest BCUT2D eigenvalue weighted by atomic mass is 9.60. The van der Waals surface area contributed by atoms with E-state index in [1.807, 2.05) is 6.92 Å². The van der Waals surface area contributed by atoms with Crippen LogP contribution in [0.3, 0.4) is 0 Å². The minimum absolute atomic E-state index is 0.00943. The molecule has 0 saturated carbocycles. The van der Waals surface area contributed by atoms with Gasteiger partial charge in [-0.15, -0.1) is 0 Å². The van der Waals surface area contributed by atoms with E-state index in [1.165, 1.54) is 27.5 Å². The van der Waals surface area contributed by atoms with Gasteiger partial charge in [-0.3, -0.25) is 14.5 Å². The molecule has 4 heterocycles. The van der Waals surface area contributed by atoms with E-state index < -0.39 is 45.1 Å². The molecule has 1 saturated heterocycles. The highest BCUT2D eigenvalue weighted by Crippen LogP contribution is 2.49. The van der Waals surface area contributed by atoms with Crippen molar-refractivity contribution in [1.29, 1.82) is 0 Å². The fraction of sp³-hybridized carbons (Fsp3) is 0.467. The van der Waals surface area contributed by atoms with Crippen LogP contribution in [0.2, 0.25) is 0 Å². The number of aryl methyl sites for hydroxylation is 1. The SMILES string of the molecule is CCCn1cc(S(=O)(=O)N2CC[C@H]3Cc4c(cnn4C4=CC(C)C(F)C=C4)C[C@]3(C(=O)c3cc(C(F)(F)F)ccn3)C2)cn1. The molecule has 4 atom stereocenters. The molecule has 234 valence electrons. The molecule has 0 bridgehead atoms. The van der Waals surface area contributed by atoms with Gasteiger partial charge in [-0.25, -0.2) is 17.5 Å². The number of carbonyl (C=O) groups is 1. The summed E-state index contributed by atoms with van der Waals surface area (Å²) >= 11 is 0. The number of sulfonamides is 1. The van der Waals surface area contributed by atoms with Gasteiger partial charge in [-0.05, 0) is 61.4 Å². The van der Waals surface area contributed by atoms with E-state index in [-0.39, 0.29) is 42.4 Å². The topological polar surface area (TPSA) is 103 Å². The Balaban J connectivity index is 1.41. The maximum absolute atomic E-state index is 14.4. The molecule has 1 fully saturated rings. The third-order valence-electron chi connectivity index (χ3n) is 8.97. The average Bonchev–Trinajstić information content (AvgIpc) is 3.64. The minimum atomic E-state index is -4.69. The molecular formula is C30H32F4N6O3S. The van der Waals surface area contributed by atoms with Crippen LogP contribution in [0, 0.1) is 17.3 Å². The van der Waals surface area contributed by atoms with Crippen LogP contribution in [0.4, 0.5) is 17.6 Å². The van der Waals surface area contributed by atoms with Crippen LogP contribution in [-0.2, 0) is 35.6 Å². The van der Waals surface area contributed by atoms with Crippen LogP contribution < -0.4 is 0 Å².